The summed E-state index contributed by atoms with van der Waals surface area (Å²) in [6, 6.07) is 14.0. The molecule has 0 radical (unpaired) electrons. The maximum Gasteiger partial charge on any atom is 0.259 e. The van der Waals surface area contributed by atoms with Crippen molar-refractivity contribution < 1.29 is 9.53 Å². The molecule has 3 aromatic rings. The Bertz CT molecular complexity index is 870. The van der Waals surface area contributed by atoms with Gasteiger partial charge >= 0.3 is 0 Å². The summed E-state index contributed by atoms with van der Waals surface area (Å²) < 4.78 is 5.28. The van der Waals surface area contributed by atoms with E-state index in [0.717, 1.165) is 37.0 Å². The number of carbonyl (C=O) groups excluding carboxylic acids is 1. The van der Waals surface area contributed by atoms with Gasteiger partial charge < -0.3 is 14.6 Å². The third-order valence-corrected chi connectivity index (χ3v) is 4.87. The molecule has 0 spiro atoms. The monoisotopic (exact) mass is 335 g/mol. The van der Waals surface area contributed by atoms with Gasteiger partial charge in [-0.3, -0.25) is 4.79 Å². The predicted molar refractivity (Wildman–Crippen MR) is 96.7 cm³/mol. The SMILES string of the molecule is COc1ncccc1C(=O)N1CCCCC1c1cc2ccccc2[nH]1. The molecule has 1 N–H and O–H groups in total. The van der Waals surface area contributed by atoms with Crippen LogP contribution < -0.4 is 4.74 Å². The van der Waals surface area contributed by atoms with E-state index in [1.165, 1.54) is 5.39 Å². The summed E-state index contributed by atoms with van der Waals surface area (Å²) in [5.41, 5.74) is 2.72. The number of hydrogen-bond acceptors (Lipinski definition) is 3. The van der Waals surface area contributed by atoms with Crippen molar-refractivity contribution in [2.75, 3.05) is 13.7 Å². The minimum atomic E-state index is -0.0201. The largest absolute Gasteiger partial charge is 0.480 e. The molecule has 1 amide bonds. The van der Waals surface area contributed by atoms with Crippen LogP contribution in [0.25, 0.3) is 10.9 Å². The van der Waals surface area contributed by atoms with E-state index >= 15 is 0 Å². The van der Waals surface area contributed by atoms with Crippen LogP contribution in [0.5, 0.6) is 5.88 Å². The molecule has 128 valence electrons. The second kappa shape index (κ2) is 6.59. The zero-order valence-corrected chi connectivity index (χ0v) is 14.2. The molecular formula is C20H21N3O2. The number of nitrogens with zero attached hydrogens (tertiary/aromatic N) is 2. The van der Waals surface area contributed by atoms with Crippen LogP contribution in [-0.2, 0) is 0 Å². The van der Waals surface area contributed by atoms with Crippen LogP contribution in [0.2, 0.25) is 0 Å². The highest BCUT2D eigenvalue weighted by Gasteiger charge is 2.31. The minimum absolute atomic E-state index is 0.0201. The molecule has 2 aromatic heterocycles. The number of fused-ring (bicyclic) bond motifs is 1. The molecule has 5 heteroatoms. The van der Waals surface area contributed by atoms with Gasteiger partial charge in [0.1, 0.15) is 5.56 Å². The number of likely N-dealkylation sites (tertiary alicyclic amines) is 1. The van der Waals surface area contributed by atoms with Crippen LogP contribution in [0.3, 0.4) is 0 Å². The van der Waals surface area contributed by atoms with Crippen LogP contribution in [0, 0.1) is 0 Å². The first-order valence-electron chi connectivity index (χ1n) is 8.65. The van der Waals surface area contributed by atoms with E-state index < -0.39 is 0 Å². The standard InChI is InChI=1S/C20H21N3O2/c1-25-19-15(8-6-11-21-19)20(24)23-12-5-4-10-18(23)17-13-14-7-2-3-9-16(14)22-17/h2-3,6-9,11,13,18,22H,4-5,10,12H2,1H3. The van der Waals surface area contributed by atoms with Gasteiger partial charge in [-0.25, -0.2) is 4.98 Å². The average Bonchev–Trinajstić information content (AvgIpc) is 3.11. The highest BCUT2D eigenvalue weighted by molar-refractivity contribution is 5.96. The highest BCUT2D eigenvalue weighted by Crippen LogP contribution is 2.34. The van der Waals surface area contributed by atoms with Crippen molar-refractivity contribution in [2.45, 2.75) is 25.3 Å². The molecule has 0 saturated carbocycles. The molecule has 1 saturated heterocycles. The Morgan fingerprint density at radius 1 is 1.24 bits per heavy atom. The summed E-state index contributed by atoms with van der Waals surface area (Å²) in [4.78, 5) is 22.8. The molecule has 4 rings (SSSR count). The fourth-order valence-electron chi connectivity index (χ4n) is 3.64. The molecule has 25 heavy (non-hydrogen) atoms. The number of H-pyrrole nitrogens is 1. The van der Waals surface area contributed by atoms with E-state index in [0.29, 0.717) is 11.4 Å². The summed E-state index contributed by atoms with van der Waals surface area (Å²) in [6.07, 6.45) is 4.74. The molecule has 1 unspecified atom stereocenters. The number of methoxy groups -OCH3 is 1. The first-order valence-corrected chi connectivity index (χ1v) is 8.65. The first-order chi connectivity index (χ1) is 12.3. The van der Waals surface area contributed by atoms with Crippen molar-refractivity contribution in [3.63, 3.8) is 0 Å². The van der Waals surface area contributed by atoms with Crippen molar-refractivity contribution in [1.29, 1.82) is 0 Å². The topological polar surface area (TPSA) is 58.2 Å². The highest BCUT2D eigenvalue weighted by atomic mass is 16.5. The summed E-state index contributed by atoms with van der Waals surface area (Å²) in [5, 5.41) is 1.18. The third kappa shape index (κ3) is 2.86. The van der Waals surface area contributed by atoms with E-state index in [4.69, 9.17) is 4.74 Å². The zero-order chi connectivity index (χ0) is 17.2. The molecule has 1 aromatic carbocycles. The first kappa shape index (κ1) is 15.7. The Morgan fingerprint density at radius 3 is 2.96 bits per heavy atom. The molecule has 1 aliphatic rings. The van der Waals surface area contributed by atoms with Gasteiger partial charge in [0.05, 0.1) is 13.2 Å². The maximum absolute atomic E-state index is 13.2. The Morgan fingerprint density at radius 2 is 2.12 bits per heavy atom. The lowest BCUT2D eigenvalue weighted by molar-refractivity contribution is 0.0602. The van der Waals surface area contributed by atoms with Crippen molar-refractivity contribution >= 4 is 16.8 Å². The number of ether oxygens (including phenoxy) is 1. The molecule has 1 atom stereocenters. The second-order valence-electron chi connectivity index (χ2n) is 6.38. The van der Waals surface area contributed by atoms with Crippen molar-refractivity contribution in [2.24, 2.45) is 0 Å². The predicted octanol–water partition coefficient (Wildman–Crippen LogP) is 3.94. The van der Waals surface area contributed by atoms with Gasteiger partial charge in [-0.05, 0) is 48.9 Å². The maximum atomic E-state index is 13.2. The molecule has 0 aliphatic carbocycles. The van der Waals surface area contributed by atoms with Crippen molar-refractivity contribution in [3.05, 3.63) is 59.9 Å². The van der Waals surface area contributed by atoms with E-state index in [2.05, 4.69) is 28.2 Å². The number of aromatic amines is 1. The Labute approximate surface area is 146 Å². The second-order valence-corrected chi connectivity index (χ2v) is 6.38. The fraction of sp³-hybridized carbons (Fsp3) is 0.300. The fourth-order valence-corrected chi connectivity index (χ4v) is 3.64. The quantitative estimate of drug-likeness (QED) is 0.789. The number of hydrogen-bond donors (Lipinski definition) is 1. The molecule has 3 heterocycles. The van der Waals surface area contributed by atoms with E-state index in [1.807, 2.05) is 17.0 Å². The summed E-state index contributed by atoms with van der Waals surface area (Å²) in [6.45, 7) is 0.747. The average molecular weight is 335 g/mol. The number of carbonyl (C=O) groups is 1. The number of aromatic nitrogens is 2. The van der Waals surface area contributed by atoms with Crippen LogP contribution in [0.4, 0.5) is 0 Å². The summed E-state index contributed by atoms with van der Waals surface area (Å²) >= 11 is 0. The number of rotatable bonds is 3. The zero-order valence-electron chi connectivity index (χ0n) is 14.2. The number of amides is 1. The molecule has 1 aliphatic heterocycles. The molecule has 5 nitrogen and oxygen atoms in total. The normalized spacial score (nSPS) is 17.6. The number of piperidine rings is 1. The van der Waals surface area contributed by atoms with Crippen LogP contribution >= 0.6 is 0 Å². The van der Waals surface area contributed by atoms with Gasteiger partial charge in [0.2, 0.25) is 5.88 Å². The number of nitrogens with one attached hydrogen (secondary N) is 1. The third-order valence-electron chi connectivity index (χ3n) is 4.87. The van der Waals surface area contributed by atoms with Crippen LogP contribution in [0.1, 0.15) is 41.4 Å². The lowest BCUT2D eigenvalue weighted by Gasteiger charge is -2.35. The molecule has 0 bridgehead atoms. The van der Waals surface area contributed by atoms with Crippen LogP contribution in [0.15, 0.2) is 48.7 Å². The van der Waals surface area contributed by atoms with Gasteiger partial charge in [0, 0.05) is 24.0 Å². The summed E-state index contributed by atoms with van der Waals surface area (Å²) in [7, 11) is 1.55. The molecular weight excluding hydrogens is 314 g/mol. The van der Waals surface area contributed by atoms with E-state index in [9.17, 15) is 4.79 Å². The van der Waals surface area contributed by atoms with Gasteiger partial charge in [0.15, 0.2) is 0 Å². The van der Waals surface area contributed by atoms with Gasteiger partial charge in [0.25, 0.3) is 5.91 Å². The Kier molecular flexibility index (Phi) is 4.14. The number of para-hydroxylation sites is 1. The Balaban J connectivity index is 1.70. The summed E-state index contributed by atoms with van der Waals surface area (Å²) in [5.74, 6) is 0.363. The lowest BCUT2D eigenvalue weighted by Crippen LogP contribution is -2.38. The lowest BCUT2D eigenvalue weighted by atomic mass is 9.98. The number of benzene rings is 1. The van der Waals surface area contributed by atoms with Gasteiger partial charge in [-0.15, -0.1) is 0 Å². The minimum Gasteiger partial charge on any atom is -0.480 e. The van der Waals surface area contributed by atoms with Crippen molar-refractivity contribution in [1.82, 2.24) is 14.9 Å². The van der Waals surface area contributed by atoms with E-state index in [1.54, 1.807) is 25.4 Å². The van der Waals surface area contributed by atoms with Crippen LogP contribution in [-0.4, -0.2) is 34.4 Å². The molecule has 1 fully saturated rings. The van der Waals surface area contributed by atoms with Crippen molar-refractivity contribution in [3.8, 4) is 5.88 Å². The number of pyridine rings is 1. The Hall–Kier alpha value is -2.82. The van der Waals surface area contributed by atoms with Gasteiger partial charge in [-0.2, -0.15) is 0 Å². The van der Waals surface area contributed by atoms with E-state index in [-0.39, 0.29) is 11.9 Å². The van der Waals surface area contributed by atoms with Gasteiger partial charge in [-0.1, -0.05) is 18.2 Å². The smallest absolute Gasteiger partial charge is 0.259 e.